The molecule has 130 valence electrons. The zero-order valence-corrected chi connectivity index (χ0v) is 17.2. The maximum absolute atomic E-state index is 6.40. The van der Waals surface area contributed by atoms with Crippen molar-refractivity contribution in [3.05, 3.63) is 0 Å². The van der Waals surface area contributed by atoms with Crippen molar-refractivity contribution in [3.63, 3.8) is 0 Å². The maximum Gasteiger partial charge on any atom is 0.154 e. The predicted octanol–water partition coefficient (Wildman–Crippen LogP) is 3.35. The van der Waals surface area contributed by atoms with Crippen LogP contribution in [0.3, 0.4) is 0 Å². The second-order valence-corrected chi connectivity index (χ2v) is 6.70. The molecule has 21 heavy (non-hydrogen) atoms. The van der Waals surface area contributed by atoms with Crippen LogP contribution in [-0.4, -0.2) is 30.1 Å². The summed E-state index contributed by atoms with van der Waals surface area (Å²) >= 11 is 6.40. The summed E-state index contributed by atoms with van der Waals surface area (Å²) in [5.74, 6) is 0. The van der Waals surface area contributed by atoms with Gasteiger partial charge in [0.15, 0.2) is 6.00 Å². The predicted molar refractivity (Wildman–Crippen MR) is 93.4 cm³/mol. The quantitative estimate of drug-likeness (QED) is 0.176. The summed E-state index contributed by atoms with van der Waals surface area (Å²) in [4.78, 5) is 0. The molecule has 0 aliphatic carbocycles. The van der Waals surface area contributed by atoms with E-state index in [9.17, 15) is 0 Å². The minimum atomic E-state index is 0. The average Bonchev–Trinajstić information content (AvgIpc) is 2.47. The van der Waals surface area contributed by atoms with Crippen LogP contribution in [0.1, 0.15) is 91.4 Å². The van der Waals surface area contributed by atoms with Gasteiger partial charge in [-0.25, -0.2) is 0 Å². The van der Waals surface area contributed by atoms with Crippen molar-refractivity contribution in [1.82, 2.24) is 0 Å². The lowest BCUT2D eigenvalue weighted by molar-refractivity contribution is -0.918. The summed E-state index contributed by atoms with van der Waals surface area (Å²) in [5.41, 5.74) is 0. The molecule has 0 rings (SSSR count). The van der Waals surface area contributed by atoms with E-state index in [2.05, 4.69) is 20.8 Å². The molecule has 0 N–H and O–H groups in total. The van der Waals surface area contributed by atoms with Crippen LogP contribution in [0.15, 0.2) is 0 Å². The van der Waals surface area contributed by atoms with Gasteiger partial charge in [0.1, 0.15) is 0 Å². The van der Waals surface area contributed by atoms with Crippen molar-refractivity contribution in [1.29, 1.82) is 0 Å². The Hall–Kier alpha value is 0.730. The lowest BCUT2D eigenvalue weighted by Crippen LogP contribution is -3.00. The highest BCUT2D eigenvalue weighted by molar-refractivity contribution is 6.16. The van der Waals surface area contributed by atoms with Gasteiger partial charge in [0.25, 0.3) is 0 Å². The topological polar surface area (TPSA) is 0 Å². The molecular weight excluding hydrogens is 346 g/mol. The largest absolute Gasteiger partial charge is 1.00 e. The smallest absolute Gasteiger partial charge is 0.154 e. The third kappa shape index (κ3) is 12.9. The first-order valence-electron chi connectivity index (χ1n) is 9.15. The molecule has 0 aromatic rings. The number of nitrogens with zero attached hydrogens (tertiary/aromatic N) is 1. The van der Waals surface area contributed by atoms with E-state index in [1.54, 1.807) is 0 Å². The fourth-order valence-corrected chi connectivity index (χ4v) is 3.32. The van der Waals surface area contributed by atoms with E-state index in [1.165, 1.54) is 94.7 Å². The van der Waals surface area contributed by atoms with Gasteiger partial charge in [-0.05, 0) is 38.5 Å². The van der Waals surface area contributed by atoms with Crippen LogP contribution >= 0.6 is 11.6 Å². The fourth-order valence-electron chi connectivity index (χ4n) is 2.96. The number of alkyl halides is 1. The Labute approximate surface area is 150 Å². The number of unbranched alkanes of at least 4 members (excludes halogenated alkanes) is 8. The molecule has 0 saturated carbocycles. The molecule has 0 bridgehead atoms. The van der Waals surface area contributed by atoms with Gasteiger partial charge in [-0.1, -0.05) is 64.5 Å². The molecule has 0 aromatic heterocycles. The third-order valence-corrected chi connectivity index (χ3v) is 4.97. The molecule has 0 aliphatic rings. The highest BCUT2D eigenvalue weighted by Gasteiger charge is 2.24. The third-order valence-electron chi connectivity index (χ3n) is 4.46. The minimum Gasteiger partial charge on any atom is -1.00 e. The summed E-state index contributed by atoms with van der Waals surface area (Å²) < 4.78 is 1.18. The van der Waals surface area contributed by atoms with Crippen LogP contribution in [0.5, 0.6) is 0 Å². The maximum atomic E-state index is 6.40. The van der Waals surface area contributed by atoms with Gasteiger partial charge in [-0.15, -0.1) is 0 Å². The van der Waals surface area contributed by atoms with E-state index in [4.69, 9.17) is 11.6 Å². The average molecular weight is 385 g/mol. The summed E-state index contributed by atoms with van der Waals surface area (Å²) in [6.07, 6.45) is 14.9. The molecule has 0 amide bonds. The van der Waals surface area contributed by atoms with Gasteiger partial charge in [0.05, 0.1) is 19.6 Å². The van der Waals surface area contributed by atoms with Crippen LogP contribution < -0.4 is 17.0 Å². The molecule has 3 heteroatoms. The standard InChI is InChI=1S/C18H39ClN.BrH/c1-4-7-10-13-16-20(18-19,15-12-9-6-3)17-14-11-8-5-2;/h4-18H2,1-3H3;1H/q+1;/p-1. The monoisotopic (exact) mass is 383 g/mol. The minimum absolute atomic E-state index is 0. The number of rotatable bonds is 15. The highest BCUT2D eigenvalue weighted by Crippen LogP contribution is 2.18. The van der Waals surface area contributed by atoms with Crippen LogP contribution in [-0.2, 0) is 0 Å². The number of hydrogen-bond donors (Lipinski definition) is 0. The first kappa shape index (κ1) is 24.0. The molecule has 0 atom stereocenters. The van der Waals surface area contributed by atoms with Gasteiger partial charge in [0.2, 0.25) is 0 Å². The van der Waals surface area contributed by atoms with E-state index < -0.39 is 0 Å². The first-order valence-corrected chi connectivity index (χ1v) is 9.69. The van der Waals surface area contributed by atoms with Crippen molar-refractivity contribution in [2.45, 2.75) is 91.4 Å². The Kier molecular flexibility index (Phi) is 19.5. The molecule has 0 saturated heterocycles. The van der Waals surface area contributed by atoms with Crippen LogP contribution in [0, 0.1) is 0 Å². The molecule has 0 aliphatic heterocycles. The lowest BCUT2D eigenvalue weighted by Gasteiger charge is -2.37. The SMILES string of the molecule is CCCCCC[N+](CCl)(CCCCC)CCCCCC.[Br-]. The molecule has 0 radical (unpaired) electrons. The molecule has 0 aromatic carbocycles. The number of halogens is 2. The molecule has 0 spiro atoms. The summed E-state index contributed by atoms with van der Waals surface area (Å²) in [6, 6.07) is 0.821. The lowest BCUT2D eigenvalue weighted by atomic mass is 10.1. The Morgan fingerprint density at radius 2 is 0.905 bits per heavy atom. The van der Waals surface area contributed by atoms with E-state index in [0.29, 0.717) is 0 Å². The van der Waals surface area contributed by atoms with Crippen LogP contribution in [0.4, 0.5) is 0 Å². The van der Waals surface area contributed by atoms with Crippen LogP contribution in [0.2, 0.25) is 0 Å². The van der Waals surface area contributed by atoms with Crippen molar-refractivity contribution >= 4 is 11.6 Å². The van der Waals surface area contributed by atoms with Crippen molar-refractivity contribution in [2.75, 3.05) is 25.6 Å². The number of hydrogen-bond acceptors (Lipinski definition) is 0. The highest BCUT2D eigenvalue weighted by atomic mass is 79.9. The Balaban J connectivity index is 0. The zero-order valence-electron chi connectivity index (χ0n) is 14.8. The second-order valence-electron chi connectivity index (χ2n) is 6.46. The van der Waals surface area contributed by atoms with Gasteiger partial charge in [-0.2, -0.15) is 0 Å². The van der Waals surface area contributed by atoms with E-state index in [1.807, 2.05) is 0 Å². The van der Waals surface area contributed by atoms with Gasteiger partial charge < -0.3 is 21.5 Å². The Bertz CT molecular complexity index is 188. The van der Waals surface area contributed by atoms with Crippen molar-refractivity contribution in [3.8, 4) is 0 Å². The molecule has 0 unspecified atom stereocenters. The van der Waals surface area contributed by atoms with Gasteiger partial charge >= 0.3 is 0 Å². The zero-order chi connectivity index (χ0) is 15.1. The van der Waals surface area contributed by atoms with E-state index >= 15 is 0 Å². The summed E-state index contributed by atoms with van der Waals surface area (Å²) in [5, 5.41) is 0. The molecular formula is C18H39BrClN. The summed E-state index contributed by atoms with van der Waals surface area (Å²) in [7, 11) is 0. The van der Waals surface area contributed by atoms with Gasteiger partial charge in [-0.3, -0.25) is 0 Å². The fraction of sp³-hybridized carbons (Fsp3) is 1.00. The van der Waals surface area contributed by atoms with Crippen LogP contribution in [0.25, 0.3) is 0 Å². The molecule has 1 nitrogen and oxygen atoms in total. The summed E-state index contributed by atoms with van der Waals surface area (Å²) in [6.45, 7) is 10.8. The molecule has 0 fully saturated rings. The van der Waals surface area contributed by atoms with E-state index in [-0.39, 0.29) is 17.0 Å². The van der Waals surface area contributed by atoms with Crippen molar-refractivity contribution in [2.24, 2.45) is 0 Å². The second kappa shape index (κ2) is 17.1. The van der Waals surface area contributed by atoms with Crippen molar-refractivity contribution < 1.29 is 21.5 Å². The van der Waals surface area contributed by atoms with Gasteiger partial charge in [0, 0.05) is 0 Å². The Morgan fingerprint density at radius 3 is 1.24 bits per heavy atom. The first-order chi connectivity index (χ1) is 9.74. The molecule has 0 heterocycles. The Morgan fingerprint density at radius 1 is 0.571 bits per heavy atom. The normalized spacial score (nSPS) is 11.4. The van der Waals surface area contributed by atoms with E-state index in [0.717, 1.165) is 6.00 Å². The number of quaternary nitrogens is 1.